The summed E-state index contributed by atoms with van der Waals surface area (Å²) in [5.74, 6) is -0.239. The highest BCUT2D eigenvalue weighted by atomic mass is 19.1. The Kier molecular flexibility index (Phi) is 7.71. The van der Waals surface area contributed by atoms with Gasteiger partial charge in [0, 0.05) is 32.9 Å². The summed E-state index contributed by atoms with van der Waals surface area (Å²) in [4.78, 5) is 0. The normalized spacial score (nSPS) is 11.6. The second kappa shape index (κ2) is 13.4. The van der Waals surface area contributed by atoms with Crippen LogP contribution in [0.15, 0.2) is 212 Å². The van der Waals surface area contributed by atoms with Crippen LogP contribution < -0.4 is 0 Å². The van der Waals surface area contributed by atoms with E-state index < -0.39 is 0 Å². The summed E-state index contributed by atoms with van der Waals surface area (Å²) >= 11 is 0. The molecule has 0 saturated carbocycles. The number of aromatic nitrogens is 2. The minimum Gasteiger partial charge on any atom is -0.309 e. The molecule has 0 spiro atoms. The largest absolute Gasteiger partial charge is 0.309 e. The van der Waals surface area contributed by atoms with Gasteiger partial charge < -0.3 is 9.13 Å². The molecule has 268 valence electrons. The summed E-state index contributed by atoms with van der Waals surface area (Å²) in [5.41, 5.74) is 16.0. The van der Waals surface area contributed by atoms with Crippen LogP contribution in [-0.2, 0) is 0 Å². The molecular formula is C54H35FN2. The fourth-order valence-electron chi connectivity index (χ4n) is 8.66. The third kappa shape index (κ3) is 5.63. The molecule has 0 amide bonds. The van der Waals surface area contributed by atoms with Gasteiger partial charge >= 0.3 is 0 Å². The average molecular weight is 731 g/mol. The van der Waals surface area contributed by atoms with Crippen molar-refractivity contribution in [2.45, 2.75) is 0 Å². The summed E-state index contributed by atoms with van der Waals surface area (Å²) in [6.07, 6.45) is 0. The van der Waals surface area contributed by atoms with Gasteiger partial charge in [-0.2, -0.15) is 0 Å². The van der Waals surface area contributed by atoms with Crippen LogP contribution in [0.25, 0.3) is 99.5 Å². The first kappa shape index (κ1) is 32.9. The standard InChI is InChI=1S/C54H35FN2/c55-44-24-26-45(27-25-44)56-51-20-9-7-18-47(51)49-34-39(22-28-53(49)56)40-23-29-54-50(35-40)48-19-8-10-21-52(48)57(54)46-17-11-16-38(33-46)43-31-41(36-12-3-1-4-13-36)30-42(32-43)37-14-5-2-6-15-37/h1-35H. The monoisotopic (exact) mass is 730 g/mol. The number of rotatable bonds is 6. The van der Waals surface area contributed by atoms with Gasteiger partial charge in [-0.05, 0) is 136 Å². The molecule has 2 aromatic heterocycles. The number of benzene rings is 9. The molecule has 11 rings (SSSR count). The number of halogens is 1. The second-order valence-corrected chi connectivity index (χ2v) is 14.7. The number of nitrogens with zero attached hydrogens (tertiary/aromatic N) is 2. The lowest BCUT2D eigenvalue weighted by Gasteiger charge is -2.14. The van der Waals surface area contributed by atoms with E-state index in [1.165, 1.54) is 67.0 Å². The first-order valence-electron chi connectivity index (χ1n) is 19.4. The molecular weight excluding hydrogens is 696 g/mol. The maximum absolute atomic E-state index is 13.9. The van der Waals surface area contributed by atoms with Crippen LogP contribution in [0.3, 0.4) is 0 Å². The lowest BCUT2D eigenvalue weighted by molar-refractivity contribution is 0.627. The molecule has 9 aromatic carbocycles. The molecule has 0 N–H and O–H groups in total. The van der Waals surface area contributed by atoms with Crippen LogP contribution in [0.4, 0.5) is 4.39 Å². The van der Waals surface area contributed by atoms with Crippen LogP contribution in [0.2, 0.25) is 0 Å². The Hall–Kier alpha value is -7.49. The Morgan fingerprint density at radius 1 is 0.246 bits per heavy atom. The van der Waals surface area contributed by atoms with E-state index in [0.29, 0.717) is 0 Å². The van der Waals surface area contributed by atoms with Crippen molar-refractivity contribution >= 4 is 43.6 Å². The summed E-state index contributed by atoms with van der Waals surface area (Å²) in [6.45, 7) is 0. The number of para-hydroxylation sites is 2. The van der Waals surface area contributed by atoms with E-state index in [1.807, 2.05) is 12.1 Å². The van der Waals surface area contributed by atoms with E-state index in [2.05, 4.69) is 197 Å². The van der Waals surface area contributed by atoms with E-state index in [9.17, 15) is 4.39 Å². The summed E-state index contributed by atoms with van der Waals surface area (Å²) in [6, 6.07) is 74.6. The van der Waals surface area contributed by atoms with Gasteiger partial charge in [-0.25, -0.2) is 4.39 Å². The molecule has 0 radical (unpaired) electrons. The van der Waals surface area contributed by atoms with Crippen molar-refractivity contribution in [3.05, 3.63) is 218 Å². The number of hydrogen-bond acceptors (Lipinski definition) is 0. The predicted molar refractivity (Wildman–Crippen MR) is 237 cm³/mol. The molecule has 2 heterocycles. The zero-order valence-electron chi connectivity index (χ0n) is 31.0. The Labute approximate surface area is 330 Å². The molecule has 57 heavy (non-hydrogen) atoms. The van der Waals surface area contributed by atoms with Gasteiger partial charge in [0.1, 0.15) is 5.82 Å². The molecule has 0 fully saturated rings. The predicted octanol–water partition coefficient (Wildman–Crippen LogP) is 14.7. The Balaban J connectivity index is 1.04. The average Bonchev–Trinajstić information content (AvgIpc) is 3.79. The Morgan fingerprint density at radius 3 is 1.21 bits per heavy atom. The Bertz CT molecular complexity index is 3220. The number of fused-ring (bicyclic) bond motifs is 6. The van der Waals surface area contributed by atoms with E-state index in [0.717, 1.165) is 44.6 Å². The SMILES string of the molecule is Fc1ccc(-n2c3ccccc3c3cc(-c4ccc5c(c4)c4ccccc4n5-c4cccc(-c5cc(-c6ccccc6)cc(-c6ccccc6)c5)c4)ccc32)cc1. The van der Waals surface area contributed by atoms with Gasteiger partial charge in [0.05, 0.1) is 22.1 Å². The highest BCUT2D eigenvalue weighted by Crippen LogP contribution is 2.39. The van der Waals surface area contributed by atoms with Crippen molar-refractivity contribution in [3.8, 4) is 55.9 Å². The van der Waals surface area contributed by atoms with Crippen LogP contribution in [0.5, 0.6) is 0 Å². The minimum atomic E-state index is -0.239. The molecule has 2 nitrogen and oxygen atoms in total. The molecule has 0 aliphatic heterocycles. The highest BCUT2D eigenvalue weighted by Gasteiger charge is 2.17. The van der Waals surface area contributed by atoms with Gasteiger partial charge in [0.2, 0.25) is 0 Å². The molecule has 0 aliphatic rings. The topological polar surface area (TPSA) is 9.86 Å². The summed E-state index contributed by atoms with van der Waals surface area (Å²) < 4.78 is 18.5. The van der Waals surface area contributed by atoms with Gasteiger partial charge in [-0.3, -0.25) is 0 Å². The lowest BCUT2D eigenvalue weighted by atomic mass is 9.93. The summed E-state index contributed by atoms with van der Waals surface area (Å²) in [7, 11) is 0. The molecule has 0 unspecified atom stereocenters. The van der Waals surface area contributed by atoms with Crippen molar-refractivity contribution in [2.75, 3.05) is 0 Å². The molecule has 0 bridgehead atoms. The van der Waals surface area contributed by atoms with E-state index in [-0.39, 0.29) is 5.82 Å². The van der Waals surface area contributed by atoms with Crippen LogP contribution >= 0.6 is 0 Å². The van der Waals surface area contributed by atoms with E-state index >= 15 is 0 Å². The van der Waals surface area contributed by atoms with Crippen molar-refractivity contribution in [2.24, 2.45) is 0 Å². The van der Waals surface area contributed by atoms with Crippen LogP contribution in [-0.4, -0.2) is 9.13 Å². The third-order valence-electron chi connectivity index (χ3n) is 11.3. The minimum absolute atomic E-state index is 0.239. The molecule has 3 heteroatoms. The van der Waals surface area contributed by atoms with E-state index in [4.69, 9.17) is 0 Å². The fourth-order valence-corrected chi connectivity index (χ4v) is 8.66. The molecule has 0 atom stereocenters. The lowest BCUT2D eigenvalue weighted by Crippen LogP contribution is -1.95. The molecule has 0 aliphatic carbocycles. The van der Waals surface area contributed by atoms with Crippen molar-refractivity contribution in [1.82, 2.24) is 9.13 Å². The first-order chi connectivity index (χ1) is 28.2. The van der Waals surface area contributed by atoms with Crippen LogP contribution in [0.1, 0.15) is 0 Å². The van der Waals surface area contributed by atoms with E-state index in [1.54, 1.807) is 0 Å². The summed E-state index contributed by atoms with van der Waals surface area (Å²) in [5, 5.41) is 4.76. The first-order valence-corrected chi connectivity index (χ1v) is 19.4. The third-order valence-corrected chi connectivity index (χ3v) is 11.3. The fraction of sp³-hybridized carbons (Fsp3) is 0. The Morgan fingerprint density at radius 2 is 0.667 bits per heavy atom. The van der Waals surface area contributed by atoms with Gasteiger partial charge in [-0.15, -0.1) is 0 Å². The van der Waals surface area contributed by atoms with Crippen molar-refractivity contribution < 1.29 is 4.39 Å². The maximum atomic E-state index is 13.9. The van der Waals surface area contributed by atoms with Crippen molar-refractivity contribution in [3.63, 3.8) is 0 Å². The zero-order chi connectivity index (χ0) is 37.9. The second-order valence-electron chi connectivity index (χ2n) is 14.7. The highest BCUT2D eigenvalue weighted by molar-refractivity contribution is 6.12. The van der Waals surface area contributed by atoms with Gasteiger partial charge in [0.25, 0.3) is 0 Å². The molecule has 11 aromatic rings. The van der Waals surface area contributed by atoms with Crippen LogP contribution in [0, 0.1) is 5.82 Å². The molecule has 0 saturated heterocycles. The number of hydrogen-bond donors (Lipinski definition) is 0. The van der Waals surface area contributed by atoms with Crippen molar-refractivity contribution in [1.29, 1.82) is 0 Å². The smallest absolute Gasteiger partial charge is 0.123 e. The quantitative estimate of drug-likeness (QED) is 0.161. The van der Waals surface area contributed by atoms with Gasteiger partial charge in [0.15, 0.2) is 0 Å². The van der Waals surface area contributed by atoms with Gasteiger partial charge in [-0.1, -0.05) is 121 Å². The maximum Gasteiger partial charge on any atom is 0.123 e. The zero-order valence-corrected chi connectivity index (χ0v) is 31.0.